The Balaban J connectivity index is 3.59. The van der Waals surface area contributed by atoms with Gasteiger partial charge in [-0.2, -0.15) is 0 Å². The first-order valence-electron chi connectivity index (χ1n) is 18.0. The average molecular weight is 567 g/mol. The first-order valence-corrected chi connectivity index (χ1v) is 18.0. The standard InChI is InChI=1S/C36H70O4/c1-3-5-7-8-9-10-11-12-13-14-15-16-17-18-19-20-21-25-29-33-36(39)40-34(30-26-6-4-2)31-27-23-22-24-28-32-35(37)38/h34H,3-33H2,1-2H3,(H,37,38). The molecule has 0 aliphatic rings. The van der Waals surface area contributed by atoms with E-state index in [-0.39, 0.29) is 18.5 Å². The molecule has 1 unspecified atom stereocenters. The molecule has 1 atom stereocenters. The van der Waals surface area contributed by atoms with Gasteiger partial charge in [-0.15, -0.1) is 0 Å². The van der Waals surface area contributed by atoms with Crippen molar-refractivity contribution < 1.29 is 19.4 Å². The maximum absolute atomic E-state index is 12.4. The third kappa shape index (κ3) is 31.5. The summed E-state index contributed by atoms with van der Waals surface area (Å²) in [6.07, 6.45) is 37.2. The van der Waals surface area contributed by atoms with Crippen molar-refractivity contribution in [3.8, 4) is 0 Å². The predicted molar refractivity (Wildman–Crippen MR) is 172 cm³/mol. The van der Waals surface area contributed by atoms with Crippen LogP contribution in [0.4, 0.5) is 0 Å². The molecule has 0 aromatic carbocycles. The lowest BCUT2D eigenvalue weighted by Crippen LogP contribution is -2.18. The molecule has 0 spiro atoms. The van der Waals surface area contributed by atoms with Gasteiger partial charge in [-0.3, -0.25) is 9.59 Å². The Morgan fingerprint density at radius 2 is 0.750 bits per heavy atom. The highest BCUT2D eigenvalue weighted by Crippen LogP contribution is 2.18. The molecule has 0 bridgehead atoms. The van der Waals surface area contributed by atoms with E-state index in [0.29, 0.717) is 6.42 Å². The first kappa shape index (κ1) is 38.9. The zero-order valence-corrected chi connectivity index (χ0v) is 27.2. The molecule has 1 N–H and O–H groups in total. The monoisotopic (exact) mass is 567 g/mol. The highest BCUT2D eigenvalue weighted by atomic mass is 16.5. The van der Waals surface area contributed by atoms with E-state index in [4.69, 9.17) is 9.84 Å². The summed E-state index contributed by atoms with van der Waals surface area (Å²) >= 11 is 0. The summed E-state index contributed by atoms with van der Waals surface area (Å²) in [6.45, 7) is 4.49. The fraction of sp³-hybridized carbons (Fsp3) is 0.944. The number of hydrogen-bond donors (Lipinski definition) is 1. The van der Waals surface area contributed by atoms with Crippen LogP contribution >= 0.6 is 0 Å². The molecule has 4 nitrogen and oxygen atoms in total. The molecule has 0 aliphatic heterocycles. The molecule has 0 radical (unpaired) electrons. The van der Waals surface area contributed by atoms with E-state index in [9.17, 15) is 9.59 Å². The molecular weight excluding hydrogens is 496 g/mol. The molecular formula is C36H70O4. The third-order valence-corrected chi connectivity index (χ3v) is 8.33. The van der Waals surface area contributed by atoms with Crippen LogP contribution in [0.25, 0.3) is 0 Å². The van der Waals surface area contributed by atoms with Gasteiger partial charge in [0.2, 0.25) is 0 Å². The summed E-state index contributed by atoms with van der Waals surface area (Å²) in [4.78, 5) is 23.0. The SMILES string of the molecule is CCCCCCCCCCCCCCCCCCCCCC(=O)OC(CCCCC)CCCCCCCC(=O)O. The van der Waals surface area contributed by atoms with E-state index in [1.54, 1.807) is 0 Å². The third-order valence-electron chi connectivity index (χ3n) is 8.33. The minimum Gasteiger partial charge on any atom is -0.481 e. The highest BCUT2D eigenvalue weighted by molar-refractivity contribution is 5.69. The van der Waals surface area contributed by atoms with Gasteiger partial charge in [-0.1, -0.05) is 162 Å². The fourth-order valence-corrected chi connectivity index (χ4v) is 5.66. The summed E-state index contributed by atoms with van der Waals surface area (Å²) in [5.41, 5.74) is 0. The number of unbranched alkanes of at least 4 members (excludes halogenated alkanes) is 24. The molecule has 0 fully saturated rings. The normalized spacial score (nSPS) is 12.1. The van der Waals surface area contributed by atoms with Gasteiger partial charge in [-0.05, 0) is 38.5 Å². The lowest BCUT2D eigenvalue weighted by Gasteiger charge is -2.18. The zero-order chi connectivity index (χ0) is 29.4. The van der Waals surface area contributed by atoms with Crippen LogP contribution in [0, 0.1) is 0 Å². The Morgan fingerprint density at radius 1 is 0.450 bits per heavy atom. The van der Waals surface area contributed by atoms with Crippen molar-refractivity contribution in [2.75, 3.05) is 0 Å². The van der Waals surface area contributed by atoms with E-state index in [1.165, 1.54) is 122 Å². The molecule has 0 amide bonds. The van der Waals surface area contributed by atoms with Crippen LogP contribution in [0.15, 0.2) is 0 Å². The Kier molecular flexibility index (Phi) is 31.6. The Morgan fingerprint density at radius 3 is 1.15 bits per heavy atom. The number of carboxylic acid groups (broad SMARTS) is 1. The maximum atomic E-state index is 12.4. The van der Waals surface area contributed by atoms with Gasteiger partial charge in [0.05, 0.1) is 0 Å². The molecule has 0 aliphatic carbocycles. The quantitative estimate of drug-likeness (QED) is 0.0633. The number of carbonyl (C=O) groups is 2. The minimum atomic E-state index is -0.701. The molecule has 0 aromatic heterocycles. The Labute approximate surface area is 250 Å². The van der Waals surface area contributed by atoms with Crippen molar-refractivity contribution in [2.45, 2.75) is 219 Å². The minimum absolute atomic E-state index is 0.00469. The van der Waals surface area contributed by atoms with Crippen LogP contribution in [-0.4, -0.2) is 23.1 Å². The van der Waals surface area contributed by atoms with Gasteiger partial charge in [-0.25, -0.2) is 0 Å². The van der Waals surface area contributed by atoms with Gasteiger partial charge in [0.1, 0.15) is 6.10 Å². The van der Waals surface area contributed by atoms with Gasteiger partial charge in [0.15, 0.2) is 0 Å². The summed E-state index contributed by atoms with van der Waals surface area (Å²) in [7, 11) is 0. The summed E-state index contributed by atoms with van der Waals surface area (Å²) in [5, 5.41) is 8.73. The van der Waals surface area contributed by atoms with E-state index in [0.717, 1.165) is 64.2 Å². The van der Waals surface area contributed by atoms with Crippen molar-refractivity contribution in [1.29, 1.82) is 0 Å². The van der Waals surface area contributed by atoms with Crippen molar-refractivity contribution in [3.63, 3.8) is 0 Å². The molecule has 0 heterocycles. The van der Waals surface area contributed by atoms with Crippen molar-refractivity contribution in [3.05, 3.63) is 0 Å². The second-order valence-corrected chi connectivity index (χ2v) is 12.4. The molecule has 40 heavy (non-hydrogen) atoms. The number of hydrogen-bond acceptors (Lipinski definition) is 3. The zero-order valence-electron chi connectivity index (χ0n) is 27.2. The number of esters is 1. The number of aliphatic carboxylic acids is 1. The predicted octanol–water partition coefficient (Wildman–Crippen LogP) is 12.1. The fourth-order valence-electron chi connectivity index (χ4n) is 5.66. The van der Waals surface area contributed by atoms with Crippen molar-refractivity contribution in [2.24, 2.45) is 0 Å². The number of carbonyl (C=O) groups excluding carboxylic acids is 1. The van der Waals surface area contributed by atoms with Gasteiger partial charge >= 0.3 is 11.9 Å². The van der Waals surface area contributed by atoms with Crippen LogP contribution in [0.1, 0.15) is 213 Å². The van der Waals surface area contributed by atoms with Crippen molar-refractivity contribution in [1.82, 2.24) is 0 Å². The molecule has 238 valence electrons. The second kappa shape index (κ2) is 32.5. The van der Waals surface area contributed by atoms with Crippen LogP contribution in [0.3, 0.4) is 0 Å². The highest BCUT2D eigenvalue weighted by Gasteiger charge is 2.14. The van der Waals surface area contributed by atoms with E-state index >= 15 is 0 Å². The van der Waals surface area contributed by atoms with Gasteiger partial charge < -0.3 is 9.84 Å². The lowest BCUT2D eigenvalue weighted by molar-refractivity contribution is -0.150. The summed E-state index contributed by atoms with van der Waals surface area (Å²) in [6, 6.07) is 0. The van der Waals surface area contributed by atoms with E-state index in [2.05, 4.69) is 13.8 Å². The number of ether oxygens (including phenoxy) is 1. The van der Waals surface area contributed by atoms with E-state index in [1.807, 2.05) is 0 Å². The number of rotatable bonds is 33. The summed E-state index contributed by atoms with van der Waals surface area (Å²) < 4.78 is 5.88. The molecule has 0 aromatic rings. The Hall–Kier alpha value is -1.06. The van der Waals surface area contributed by atoms with E-state index < -0.39 is 5.97 Å². The first-order chi connectivity index (χ1) is 19.6. The van der Waals surface area contributed by atoms with Crippen LogP contribution in [0.2, 0.25) is 0 Å². The number of carboxylic acids is 1. The van der Waals surface area contributed by atoms with Gasteiger partial charge in [0, 0.05) is 12.8 Å². The molecule has 0 saturated heterocycles. The topological polar surface area (TPSA) is 63.6 Å². The van der Waals surface area contributed by atoms with Crippen LogP contribution in [0.5, 0.6) is 0 Å². The largest absolute Gasteiger partial charge is 0.481 e. The second-order valence-electron chi connectivity index (χ2n) is 12.4. The molecule has 4 heteroatoms. The summed E-state index contributed by atoms with van der Waals surface area (Å²) in [5.74, 6) is -0.706. The molecule has 0 rings (SSSR count). The molecule has 0 saturated carbocycles. The van der Waals surface area contributed by atoms with Crippen LogP contribution in [-0.2, 0) is 14.3 Å². The van der Waals surface area contributed by atoms with Crippen molar-refractivity contribution >= 4 is 11.9 Å². The van der Waals surface area contributed by atoms with Crippen LogP contribution < -0.4 is 0 Å². The lowest BCUT2D eigenvalue weighted by atomic mass is 10.0. The van der Waals surface area contributed by atoms with Gasteiger partial charge in [0.25, 0.3) is 0 Å². The maximum Gasteiger partial charge on any atom is 0.306 e. The smallest absolute Gasteiger partial charge is 0.306 e. The average Bonchev–Trinajstić information content (AvgIpc) is 2.93. The Bertz CT molecular complexity index is 533.